The van der Waals surface area contributed by atoms with Gasteiger partial charge in [-0.3, -0.25) is 16.3 Å². The van der Waals surface area contributed by atoms with Crippen LogP contribution in [0.25, 0.3) is 0 Å². The van der Waals surface area contributed by atoms with E-state index in [-0.39, 0.29) is 6.04 Å². The quantitative estimate of drug-likeness (QED) is 0.653. The van der Waals surface area contributed by atoms with E-state index in [1.807, 2.05) is 30.5 Å². The number of aromatic nitrogens is 1. The van der Waals surface area contributed by atoms with Crippen molar-refractivity contribution in [2.45, 2.75) is 24.8 Å². The molecule has 0 spiro atoms. The van der Waals surface area contributed by atoms with E-state index in [1.165, 1.54) is 5.56 Å². The van der Waals surface area contributed by atoms with E-state index in [4.69, 9.17) is 17.4 Å². The summed E-state index contributed by atoms with van der Waals surface area (Å²) >= 11 is 9.53. The summed E-state index contributed by atoms with van der Waals surface area (Å²) in [7, 11) is 0. The monoisotopic (exact) mass is 351 g/mol. The predicted octanol–water partition coefficient (Wildman–Crippen LogP) is 3.73. The number of hydrogen-bond acceptors (Lipinski definition) is 3. The Morgan fingerprint density at radius 1 is 1.40 bits per heavy atom. The van der Waals surface area contributed by atoms with Gasteiger partial charge in [0.2, 0.25) is 0 Å². The first kappa shape index (κ1) is 14.0. The van der Waals surface area contributed by atoms with Crippen LogP contribution in [0, 0.1) is 0 Å². The second-order valence-corrected chi connectivity index (χ2v) is 6.27. The third kappa shape index (κ3) is 2.49. The number of nitrogens with one attached hydrogen (secondary N) is 1. The van der Waals surface area contributed by atoms with Gasteiger partial charge < -0.3 is 0 Å². The van der Waals surface area contributed by atoms with E-state index >= 15 is 0 Å². The average Bonchev–Trinajstić information content (AvgIpc) is 2.88. The number of halogens is 2. The Morgan fingerprint density at radius 3 is 3.00 bits per heavy atom. The third-order valence-electron chi connectivity index (χ3n) is 3.89. The van der Waals surface area contributed by atoms with Crippen LogP contribution in [-0.2, 0) is 6.42 Å². The molecular formula is C15H15BrClN3. The Balaban J connectivity index is 1.97. The number of rotatable bonds is 3. The first-order valence-corrected chi connectivity index (χ1v) is 7.72. The Morgan fingerprint density at radius 2 is 2.25 bits per heavy atom. The summed E-state index contributed by atoms with van der Waals surface area (Å²) in [5.74, 6) is 6.10. The van der Waals surface area contributed by atoms with Crippen LogP contribution in [0.5, 0.6) is 0 Å². The van der Waals surface area contributed by atoms with Crippen molar-refractivity contribution in [3.05, 3.63) is 62.8 Å². The van der Waals surface area contributed by atoms with Crippen LogP contribution in [0.1, 0.15) is 35.2 Å². The smallest absolute Gasteiger partial charge is 0.0548 e. The second-order valence-electron chi connectivity index (χ2n) is 5.01. The topological polar surface area (TPSA) is 50.9 Å². The molecule has 104 valence electrons. The summed E-state index contributed by atoms with van der Waals surface area (Å²) < 4.78 is 0.885. The summed E-state index contributed by atoms with van der Waals surface area (Å²) in [6.45, 7) is 0. The molecule has 1 heterocycles. The summed E-state index contributed by atoms with van der Waals surface area (Å²) in [6.07, 6.45) is 3.96. The van der Waals surface area contributed by atoms with Gasteiger partial charge >= 0.3 is 0 Å². The van der Waals surface area contributed by atoms with E-state index in [1.54, 1.807) is 0 Å². The van der Waals surface area contributed by atoms with E-state index in [0.717, 1.165) is 28.6 Å². The molecule has 1 aromatic heterocycles. The fraction of sp³-hybridized carbons (Fsp3) is 0.267. The highest BCUT2D eigenvalue weighted by molar-refractivity contribution is 9.10. The SMILES string of the molecule is NNC(c1ccc(Cl)c(Br)c1)C1CCc2cccnc21. The van der Waals surface area contributed by atoms with Crippen LogP contribution in [-0.4, -0.2) is 4.98 Å². The van der Waals surface area contributed by atoms with Crippen molar-refractivity contribution in [1.82, 2.24) is 10.4 Å². The predicted molar refractivity (Wildman–Crippen MR) is 84.5 cm³/mol. The molecule has 0 fully saturated rings. The third-order valence-corrected chi connectivity index (χ3v) is 5.10. The zero-order chi connectivity index (χ0) is 14.1. The molecule has 20 heavy (non-hydrogen) atoms. The zero-order valence-corrected chi connectivity index (χ0v) is 13.2. The second kappa shape index (κ2) is 5.82. The summed E-state index contributed by atoms with van der Waals surface area (Å²) in [5.41, 5.74) is 6.54. The van der Waals surface area contributed by atoms with Crippen molar-refractivity contribution in [2.24, 2.45) is 5.84 Å². The molecule has 2 unspecified atom stereocenters. The molecule has 0 aliphatic heterocycles. The number of hydrogen-bond donors (Lipinski definition) is 2. The molecule has 3 rings (SSSR count). The number of nitrogens with zero attached hydrogens (tertiary/aromatic N) is 1. The molecule has 5 heteroatoms. The van der Waals surface area contributed by atoms with Gasteiger partial charge in [-0.15, -0.1) is 0 Å². The summed E-state index contributed by atoms with van der Waals surface area (Å²) in [4.78, 5) is 4.54. The van der Waals surface area contributed by atoms with Gasteiger partial charge in [0.05, 0.1) is 11.1 Å². The summed E-state index contributed by atoms with van der Waals surface area (Å²) in [5, 5.41) is 0.703. The Kier molecular flexibility index (Phi) is 4.08. The summed E-state index contributed by atoms with van der Waals surface area (Å²) in [6, 6.07) is 10.1. The van der Waals surface area contributed by atoms with Gasteiger partial charge in [-0.1, -0.05) is 23.7 Å². The van der Waals surface area contributed by atoms with Gasteiger partial charge in [-0.25, -0.2) is 0 Å². The first-order valence-electron chi connectivity index (χ1n) is 6.55. The lowest BCUT2D eigenvalue weighted by atomic mass is 9.91. The maximum atomic E-state index is 6.06. The fourth-order valence-electron chi connectivity index (χ4n) is 2.92. The Labute approximate surface area is 131 Å². The molecule has 1 aliphatic carbocycles. The number of hydrazine groups is 1. The molecule has 2 atom stereocenters. The van der Waals surface area contributed by atoms with Crippen molar-refractivity contribution < 1.29 is 0 Å². The minimum Gasteiger partial charge on any atom is -0.271 e. The highest BCUT2D eigenvalue weighted by atomic mass is 79.9. The number of benzene rings is 1. The van der Waals surface area contributed by atoms with Crippen molar-refractivity contribution >= 4 is 27.5 Å². The Bertz CT molecular complexity index is 632. The molecule has 1 aliphatic rings. The molecule has 2 aromatic rings. The van der Waals surface area contributed by atoms with Gasteiger partial charge in [-0.2, -0.15) is 0 Å². The van der Waals surface area contributed by atoms with Crippen LogP contribution in [0.3, 0.4) is 0 Å². The minimum atomic E-state index is 0.0414. The average molecular weight is 353 g/mol. The molecular weight excluding hydrogens is 338 g/mol. The fourth-order valence-corrected chi connectivity index (χ4v) is 3.43. The van der Waals surface area contributed by atoms with E-state index in [2.05, 4.69) is 32.4 Å². The normalized spacial score (nSPS) is 18.9. The molecule has 0 radical (unpaired) electrons. The van der Waals surface area contributed by atoms with Gasteiger partial charge in [0.25, 0.3) is 0 Å². The molecule has 0 bridgehead atoms. The van der Waals surface area contributed by atoms with Crippen LogP contribution >= 0.6 is 27.5 Å². The molecule has 3 N–H and O–H groups in total. The van der Waals surface area contributed by atoms with Gasteiger partial charge in [0.15, 0.2) is 0 Å². The maximum Gasteiger partial charge on any atom is 0.0548 e. The molecule has 0 saturated heterocycles. The number of fused-ring (bicyclic) bond motifs is 1. The van der Waals surface area contributed by atoms with Crippen molar-refractivity contribution in [1.29, 1.82) is 0 Å². The highest BCUT2D eigenvalue weighted by Gasteiger charge is 2.31. The highest BCUT2D eigenvalue weighted by Crippen LogP contribution is 2.41. The van der Waals surface area contributed by atoms with E-state index in [0.29, 0.717) is 10.9 Å². The molecule has 0 amide bonds. The van der Waals surface area contributed by atoms with Crippen LogP contribution in [0.4, 0.5) is 0 Å². The van der Waals surface area contributed by atoms with Gasteiger partial charge in [0.1, 0.15) is 0 Å². The molecule has 1 aromatic carbocycles. The lowest BCUT2D eigenvalue weighted by Gasteiger charge is -2.23. The van der Waals surface area contributed by atoms with Crippen molar-refractivity contribution in [3.8, 4) is 0 Å². The molecule has 0 saturated carbocycles. The van der Waals surface area contributed by atoms with E-state index < -0.39 is 0 Å². The van der Waals surface area contributed by atoms with E-state index in [9.17, 15) is 0 Å². The maximum absolute atomic E-state index is 6.06. The Hall–Kier alpha value is -0.940. The van der Waals surface area contributed by atoms with Crippen LogP contribution in [0.2, 0.25) is 5.02 Å². The van der Waals surface area contributed by atoms with Crippen LogP contribution < -0.4 is 11.3 Å². The van der Waals surface area contributed by atoms with Crippen molar-refractivity contribution in [2.75, 3.05) is 0 Å². The number of aryl methyl sites for hydroxylation is 1. The minimum absolute atomic E-state index is 0.0414. The van der Waals surface area contributed by atoms with Crippen molar-refractivity contribution in [3.63, 3.8) is 0 Å². The molecule has 3 nitrogen and oxygen atoms in total. The number of nitrogens with two attached hydrogens (primary N) is 1. The standard InChI is InChI=1S/C15H15BrClN3/c16-12-8-10(4-6-13(12)17)15(20-18)11-5-3-9-2-1-7-19-14(9)11/h1-2,4,6-8,11,15,20H,3,5,18H2. The van der Waals surface area contributed by atoms with Crippen LogP contribution in [0.15, 0.2) is 41.0 Å². The lowest BCUT2D eigenvalue weighted by Crippen LogP contribution is -2.32. The lowest BCUT2D eigenvalue weighted by molar-refractivity contribution is 0.447. The first-order chi connectivity index (χ1) is 9.70. The van der Waals surface area contributed by atoms with Gasteiger partial charge in [0, 0.05) is 22.3 Å². The zero-order valence-electron chi connectivity index (χ0n) is 10.8. The van der Waals surface area contributed by atoms with Gasteiger partial charge in [-0.05, 0) is 58.1 Å². The number of pyridine rings is 1. The largest absolute Gasteiger partial charge is 0.271 e.